The number of carboxylic acids is 1. The zero-order chi connectivity index (χ0) is 20.9. The predicted octanol–water partition coefficient (Wildman–Crippen LogP) is -0.838. The lowest BCUT2D eigenvalue weighted by Gasteiger charge is -2.17. The van der Waals surface area contributed by atoms with Crippen molar-refractivity contribution in [1.29, 1.82) is 0 Å². The first-order valence-electron chi connectivity index (χ1n) is 8.12. The Morgan fingerprint density at radius 2 is 1.71 bits per heavy atom. The number of rotatable bonds is 10. The Morgan fingerprint density at radius 1 is 1.04 bits per heavy atom. The number of carbonyl (C=O) groups is 5. The van der Waals surface area contributed by atoms with Crippen LogP contribution in [0.1, 0.15) is 12.0 Å². The molecule has 0 spiro atoms. The van der Waals surface area contributed by atoms with E-state index in [0.717, 1.165) is 12.7 Å². The molecular formula is C17H21N3O8. The van der Waals surface area contributed by atoms with Crippen molar-refractivity contribution < 1.29 is 38.6 Å². The summed E-state index contributed by atoms with van der Waals surface area (Å²) in [6, 6.07) is 7.46. The molecule has 0 aliphatic rings. The van der Waals surface area contributed by atoms with E-state index >= 15 is 0 Å². The standard InChI is InChI=1S/C17H21N3O8/c1-27-15(24)7-12(16(25)19-8-13(21)18-9-14(22)23)20-17(26)28-10-11-5-3-2-4-6-11/h2-6,12H,7-10H2,1H3,(H,18,21)(H,19,25)(H,20,26)(H,22,23)/t12-/m0/s1. The summed E-state index contributed by atoms with van der Waals surface area (Å²) in [7, 11) is 1.12. The predicted molar refractivity (Wildman–Crippen MR) is 93.8 cm³/mol. The summed E-state index contributed by atoms with van der Waals surface area (Å²) in [5.74, 6) is -3.60. The summed E-state index contributed by atoms with van der Waals surface area (Å²) in [5.41, 5.74) is 0.724. The number of nitrogens with one attached hydrogen (secondary N) is 3. The molecule has 0 bridgehead atoms. The molecule has 0 aromatic heterocycles. The average molecular weight is 395 g/mol. The van der Waals surface area contributed by atoms with Crippen molar-refractivity contribution in [3.8, 4) is 0 Å². The third-order valence-electron chi connectivity index (χ3n) is 3.28. The van der Waals surface area contributed by atoms with E-state index in [1.54, 1.807) is 30.3 Å². The number of hydrogen-bond donors (Lipinski definition) is 4. The third-order valence-corrected chi connectivity index (χ3v) is 3.28. The molecule has 0 saturated heterocycles. The second-order valence-electron chi connectivity index (χ2n) is 5.43. The van der Waals surface area contributed by atoms with Crippen molar-refractivity contribution >= 4 is 29.8 Å². The van der Waals surface area contributed by atoms with Crippen LogP contribution in [0, 0.1) is 0 Å². The molecule has 1 aromatic carbocycles. The van der Waals surface area contributed by atoms with Crippen LogP contribution in [0.25, 0.3) is 0 Å². The molecule has 0 fully saturated rings. The molecule has 3 amide bonds. The zero-order valence-corrected chi connectivity index (χ0v) is 15.1. The van der Waals surface area contributed by atoms with Gasteiger partial charge in [-0.3, -0.25) is 19.2 Å². The molecule has 11 heteroatoms. The molecule has 1 atom stereocenters. The normalized spacial score (nSPS) is 10.9. The Kier molecular flexibility index (Phi) is 9.51. The van der Waals surface area contributed by atoms with Crippen LogP contribution in [0.3, 0.4) is 0 Å². The highest BCUT2D eigenvalue weighted by Crippen LogP contribution is 2.02. The van der Waals surface area contributed by atoms with E-state index < -0.39 is 55.4 Å². The summed E-state index contributed by atoms with van der Waals surface area (Å²) in [4.78, 5) is 57.3. The molecule has 28 heavy (non-hydrogen) atoms. The quantitative estimate of drug-likeness (QED) is 0.373. The Morgan fingerprint density at radius 3 is 2.32 bits per heavy atom. The van der Waals surface area contributed by atoms with Crippen LogP contribution < -0.4 is 16.0 Å². The highest BCUT2D eigenvalue weighted by atomic mass is 16.5. The number of amides is 3. The Hall–Kier alpha value is -3.63. The molecule has 0 aliphatic heterocycles. The molecule has 0 unspecified atom stereocenters. The van der Waals surface area contributed by atoms with Gasteiger partial charge in [0.1, 0.15) is 19.2 Å². The van der Waals surface area contributed by atoms with Gasteiger partial charge in [0.15, 0.2) is 0 Å². The highest BCUT2D eigenvalue weighted by molar-refractivity contribution is 5.92. The monoisotopic (exact) mass is 395 g/mol. The van der Waals surface area contributed by atoms with Gasteiger partial charge in [0.25, 0.3) is 0 Å². The van der Waals surface area contributed by atoms with E-state index in [4.69, 9.17) is 9.84 Å². The van der Waals surface area contributed by atoms with Gasteiger partial charge in [-0.1, -0.05) is 30.3 Å². The van der Waals surface area contributed by atoms with Crippen molar-refractivity contribution in [1.82, 2.24) is 16.0 Å². The first kappa shape index (κ1) is 22.4. The van der Waals surface area contributed by atoms with Crippen LogP contribution in [0.4, 0.5) is 4.79 Å². The van der Waals surface area contributed by atoms with Gasteiger partial charge >= 0.3 is 18.0 Å². The minimum atomic E-state index is -1.34. The molecule has 0 saturated carbocycles. The van der Waals surface area contributed by atoms with Crippen molar-refractivity contribution in [2.24, 2.45) is 0 Å². The van der Waals surface area contributed by atoms with Crippen molar-refractivity contribution in [2.75, 3.05) is 20.2 Å². The number of methoxy groups -OCH3 is 1. The maximum atomic E-state index is 12.2. The molecule has 152 valence electrons. The van der Waals surface area contributed by atoms with E-state index in [1.165, 1.54) is 0 Å². The number of hydrogen-bond acceptors (Lipinski definition) is 7. The SMILES string of the molecule is COC(=O)C[C@H](NC(=O)OCc1ccccc1)C(=O)NCC(=O)NCC(=O)O. The van der Waals surface area contributed by atoms with E-state index in [1.807, 2.05) is 0 Å². The lowest BCUT2D eigenvalue weighted by molar-refractivity contribution is -0.143. The minimum absolute atomic E-state index is 0.0448. The number of carbonyl (C=O) groups excluding carboxylic acids is 4. The van der Waals surface area contributed by atoms with Crippen LogP contribution >= 0.6 is 0 Å². The zero-order valence-electron chi connectivity index (χ0n) is 15.1. The van der Waals surface area contributed by atoms with Gasteiger partial charge in [-0.05, 0) is 5.56 Å². The molecule has 0 aliphatic carbocycles. The van der Waals surface area contributed by atoms with Gasteiger partial charge in [-0.15, -0.1) is 0 Å². The van der Waals surface area contributed by atoms with E-state index in [-0.39, 0.29) is 6.61 Å². The fourth-order valence-electron chi connectivity index (χ4n) is 1.89. The maximum Gasteiger partial charge on any atom is 0.408 e. The third kappa shape index (κ3) is 9.17. The summed E-state index contributed by atoms with van der Waals surface area (Å²) in [6.07, 6.45) is -1.43. The summed E-state index contributed by atoms with van der Waals surface area (Å²) in [6.45, 7) is -1.19. The molecule has 4 N–H and O–H groups in total. The smallest absolute Gasteiger partial charge is 0.408 e. The number of esters is 1. The van der Waals surface area contributed by atoms with Gasteiger partial charge in [0, 0.05) is 0 Å². The van der Waals surface area contributed by atoms with Gasteiger partial charge in [-0.2, -0.15) is 0 Å². The lowest BCUT2D eigenvalue weighted by Crippen LogP contribution is -2.50. The number of alkyl carbamates (subject to hydrolysis) is 1. The molecule has 0 heterocycles. The van der Waals surface area contributed by atoms with Crippen LogP contribution in [-0.2, 0) is 35.3 Å². The fourth-order valence-corrected chi connectivity index (χ4v) is 1.89. The molecule has 1 rings (SSSR count). The van der Waals surface area contributed by atoms with E-state index in [2.05, 4.69) is 20.7 Å². The average Bonchev–Trinajstić information content (AvgIpc) is 2.68. The van der Waals surface area contributed by atoms with Gasteiger partial charge < -0.3 is 30.5 Å². The molecular weight excluding hydrogens is 374 g/mol. The van der Waals surface area contributed by atoms with Crippen molar-refractivity contribution in [3.63, 3.8) is 0 Å². The second-order valence-corrected chi connectivity index (χ2v) is 5.43. The highest BCUT2D eigenvalue weighted by Gasteiger charge is 2.25. The van der Waals surface area contributed by atoms with E-state index in [9.17, 15) is 24.0 Å². The summed E-state index contributed by atoms with van der Waals surface area (Å²) < 4.78 is 9.46. The van der Waals surface area contributed by atoms with Crippen LogP contribution in [0.5, 0.6) is 0 Å². The van der Waals surface area contributed by atoms with Crippen LogP contribution in [0.15, 0.2) is 30.3 Å². The molecule has 0 radical (unpaired) electrons. The topological polar surface area (TPSA) is 160 Å². The Balaban J connectivity index is 2.56. The van der Waals surface area contributed by atoms with Gasteiger partial charge in [-0.25, -0.2) is 4.79 Å². The van der Waals surface area contributed by atoms with Crippen molar-refractivity contribution in [3.05, 3.63) is 35.9 Å². The van der Waals surface area contributed by atoms with Crippen LogP contribution in [0.2, 0.25) is 0 Å². The Bertz CT molecular complexity index is 708. The maximum absolute atomic E-state index is 12.2. The molecule has 1 aromatic rings. The first-order valence-corrected chi connectivity index (χ1v) is 8.12. The molecule has 11 nitrogen and oxygen atoms in total. The van der Waals surface area contributed by atoms with Crippen LogP contribution in [-0.4, -0.2) is 61.2 Å². The largest absolute Gasteiger partial charge is 0.480 e. The fraction of sp³-hybridized carbons (Fsp3) is 0.353. The second kappa shape index (κ2) is 11.9. The lowest BCUT2D eigenvalue weighted by atomic mass is 10.2. The summed E-state index contributed by atoms with van der Waals surface area (Å²) >= 11 is 0. The summed E-state index contributed by atoms with van der Waals surface area (Å²) in [5, 5.41) is 14.9. The number of carboxylic acid groups (broad SMARTS) is 1. The van der Waals surface area contributed by atoms with Crippen molar-refractivity contribution in [2.45, 2.75) is 19.1 Å². The van der Waals surface area contributed by atoms with Gasteiger partial charge in [0.05, 0.1) is 20.1 Å². The first-order chi connectivity index (χ1) is 13.3. The Labute approximate surface area is 160 Å². The minimum Gasteiger partial charge on any atom is -0.480 e. The number of ether oxygens (including phenoxy) is 2. The van der Waals surface area contributed by atoms with Gasteiger partial charge in [0.2, 0.25) is 11.8 Å². The van der Waals surface area contributed by atoms with E-state index in [0.29, 0.717) is 0 Å². The number of aliphatic carboxylic acids is 1. The number of benzene rings is 1.